The zero-order chi connectivity index (χ0) is 14.3. The molecular formula is C11H9F3N2O2S. The zero-order valence-corrected chi connectivity index (χ0v) is 10.5. The number of hydrogen-bond acceptors (Lipinski definition) is 3. The SMILES string of the molecule is CS(=O)(=O)c1ccc(-c2cc(C(F)(F)F)[nH]n2)cc1. The van der Waals surface area contributed by atoms with Crippen LogP contribution in [0, 0.1) is 0 Å². The second-order valence-electron chi connectivity index (χ2n) is 3.96. The van der Waals surface area contributed by atoms with Gasteiger partial charge in [0, 0.05) is 11.8 Å². The summed E-state index contributed by atoms with van der Waals surface area (Å²) in [5.41, 5.74) is -0.443. The normalized spacial score (nSPS) is 12.6. The fourth-order valence-corrected chi connectivity index (χ4v) is 2.12. The van der Waals surface area contributed by atoms with E-state index in [4.69, 9.17) is 0 Å². The van der Waals surface area contributed by atoms with Gasteiger partial charge in [-0.1, -0.05) is 12.1 Å². The Morgan fingerprint density at radius 3 is 2.16 bits per heavy atom. The lowest BCUT2D eigenvalue weighted by Crippen LogP contribution is -2.04. The number of nitrogens with one attached hydrogen (secondary N) is 1. The third kappa shape index (κ3) is 2.95. The van der Waals surface area contributed by atoms with Gasteiger partial charge in [0.25, 0.3) is 0 Å². The number of hydrogen-bond donors (Lipinski definition) is 1. The van der Waals surface area contributed by atoms with Gasteiger partial charge in [-0.2, -0.15) is 18.3 Å². The molecule has 0 saturated heterocycles. The van der Waals surface area contributed by atoms with Crippen LogP contribution >= 0.6 is 0 Å². The zero-order valence-electron chi connectivity index (χ0n) is 9.69. The summed E-state index contributed by atoms with van der Waals surface area (Å²) in [4.78, 5) is 0.0998. The van der Waals surface area contributed by atoms with Gasteiger partial charge in [-0.15, -0.1) is 0 Å². The average molecular weight is 290 g/mol. The second kappa shape index (κ2) is 4.37. The number of benzene rings is 1. The molecular weight excluding hydrogens is 281 g/mol. The van der Waals surface area contributed by atoms with Crippen molar-refractivity contribution in [1.82, 2.24) is 10.2 Å². The smallest absolute Gasteiger partial charge is 0.273 e. The van der Waals surface area contributed by atoms with Crippen LogP contribution in [-0.2, 0) is 16.0 Å². The van der Waals surface area contributed by atoms with Crippen LogP contribution in [0.25, 0.3) is 11.3 Å². The molecule has 1 aromatic carbocycles. The number of sulfone groups is 1. The molecule has 0 aliphatic rings. The highest BCUT2D eigenvalue weighted by Crippen LogP contribution is 2.30. The minimum Gasteiger partial charge on any atom is -0.273 e. The van der Waals surface area contributed by atoms with Gasteiger partial charge in [-0.05, 0) is 18.2 Å². The van der Waals surface area contributed by atoms with E-state index in [1.807, 2.05) is 5.10 Å². The van der Waals surface area contributed by atoms with E-state index in [1.54, 1.807) is 0 Å². The Kier molecular flexibility index (Phi) is 3.13. The highest BCUT2D eigenvalue weighted by atomic mass is 32.2. The standard InChI is InChI=1S/C11H9F3N2O2S/c1-19(17,18)8-4-2-7(3-5-8)9-6-10(16-15-9)11(12,13)14/h2-6H,1H3,(H,15,16). The highest BCUT2D eigenvalue weighted by molar-refractivity contribution is 7.90. The first-order chi connectivity index (χ1) is 8.68. The van der Waals surface area contributed by atoms with E-state index >= 15 is 0 Å². The topological polar surface area (TPSA) is 62.8 Å². The van der Waals surface area contributed by atoms with Gasteiger partial charge in [0.2, 0.25) is 0 Å². The van der Waals surface area contributed by atoms with Crippen molar-refractivity contribution in [2.24, 2.45) is 0 Å². The van der Waals surface area contributed by atoms with Crippen molar-refractivity contribution in [2.75, 3.05) is 6.26 Å². The molecule has 0 aliphatic carbocycles. The van der Waals surface area contributed by atoms with E-state index in [1.165, 1.54) is 24.3 Å². The highest BCUT2D eigenvalue weighted by Gasteiger charge is 2.33. The van der Waals surface area contributed by atoms with Crippen LogP contribution in [0.1, 0.15) is 5.69 Å². The van der Waals surface area contributed by atoms with Gasteiger partial charge in [0.05, 0.1) is 10.6 Å². The van der Waals surface area contributed by atoms with Crippen LogP contribution in [0.4, 0.5) is 13.2 Å². The van der Waals surface area contributed by atoms with Crippen molar-refractivity contribution in [3.63, 3.8) is 0 Å². The number of nitrogens with zero attached hydrogens (tertiary/aromatic N) is 1. The van der Waals surface area contributed by atoms with E-state index in [9.17, 15) is 21.6 Å². The lowest BCUT2D eigenvalue weighted by atomic mass is 10.1. The molecule has 0 aliphatic heterocycles. The molecule has 0 spiro atoms. The Hall–Kier alpha value is -1.83. The van der Waals surface area contributed by atoms with Gasteiger partial charge in [0.15, 0.2) is 9.84 Å². The van der Waals surface area contributed by atoms with Gasteiger partial charge < -0.3 is 0 Å². The molecule has 0 fully saturated rings. The molecule has 0 bridgehead atoms. The maximum absolute atomic E-state index is 12.4. The molecule has 102 valence electrons. The number of rotatable bonds is 2. The quantitative estimate of drug-likeness (QED) is 0.924. The van der Waals surface area contributed by atoms with E-state index in [0.29, 0.717) is 5.56 Å². The fourth-order valence-electron chi connectivity index (χ4n) is 1.49. The summed E-state index contributed by atoms with van der Waals surface area (Å²) in [5.74, 6) is 0. The molecule has 0 atom stereocenters. The van der Waals surface area contributed by atoms with Crippen LogP contribution in [0.15, 0.2) is 35.2 Å². The van der Waals surface area contributed by atoms with Crippen LogP contribution in [-0.4, -0.2) is 24.9 Å². The van der Waals surface area contributed by atoms with E-state index in [2.05, 4.69) is 5.10 Å². The number of halogens is 3. The monoisotopic (exact) mass is 290 g/mol. The van der Waals surface area contributed by atoms with Crippen LogP contribution in [0.3, 0.4) is 0 Å². The molecule has 0 saturated carbocycles. The Morgan fingerprint density at radius 2 is 1.74 bits per heavy atom. The average Bonchev–Trinajstić information content (AvgIpc) is 2.77. The Morgan fingerprint density at radius 1 is 1.16 bits per heavy atom. The van der Waals surface area contributed by atoms with Gasteiger partial charge in [-0.25, -0.2) is 8.42 Å². The minimum atomic E-state index is -4.49. The molecule has 0 unspecified atom stereocenters. The molecule has 1 heterocycles. The number of H-pyrrole nitrogens is 1. The molecule has 2 aromatic rings. The predicted octanol–water partition coefficient (Wildman–Crippen LogP) is 2.50. The van der Waals surface area contributed by atoms with Gasteiger partial charge >= 0.3 is 6.18 Å². The third-order valence-electron chi connectivity index (χ3n) is 2.46. The molecule has 2 rings (SSSR count). The van der Waals surface area contributed by atoms with E-state index in [-0.39, 0.29) is 10.6 Å². The minimum absolute atomic E-state index is 0.0998. The summed E-state index contributed by atoms with van der Waals surface area (Å²) >= 11 is 0. The summed E-state index contributed by atoms with van der Waals surface area (Å²) in [6.07, 6.45) is -3.43. The summed E-state index contributed by atoms with van der Waals surface area (Å²) < 4.78 is 59.7. The molecule has 4 nitrogen and oxygen atoms in total. The first-order valence-corrected chi connectivity index (χ1v) is 7.00. The second-order valence-corrected chi connectivity index (χ2v) is 5.98. The maximum atomic E-state index is 12.4. The first kappa shape index (κ1) is 13.6. The Labute approximate surface area is 107 Å². The van der Waals surface area contributed by atoms with Crippen molar-refractivity contribution in [1.29, 1.82) is 0 Å². The Balaban J connectivity index is 2.36. The van der Waals surface area contributed by atoms with Crippen LogP contribution in [0.2, 0.25) is 0 Å². The van der Waals surface area contributed by atoms with Crippen molar-refractivity contribution in [2.45, 2.75) is 11.1 Å². The van der Waals surface area contributed by atoms with Crippen molar-refractivity contribution in [3.05, 3.63) is 36.0 Å². The molecule has 0 radical (unpaired) electrons. The summed E-state index contributed by atoms with van der Waals surface area (Å²) in [5, 5.41) is 5.45. The van der Waals surface area contributed by atoms with Gasteiger partial charge in [0.1, 0.15) is 5.69 Å². The molecule has 19 heavy (non-hydrogen) atoms. The van der Waals surface area contributed by atoms with Crippen LogP contribution < -0.4 is 0 Å². The summed E-state index contributed by atoms with van der Waals surface area (Å²) in [6.45, 7) is 0. The number of aromatic nitrogens is 2. The molecule has 0 amide bonds. The van der Waals surface area contributed by atoms with Gasteiger partial charge in [-0.3, -0.25) is 5.10 Å². The lowest BCUT2D eigenvalue weighted by molar-refractivity contribution is -0.141. The van der Waals surface area contributed by atoms with E-state index < -0.39 is 21.7 Å². The molecule has 1 aromatic heterocycles. The Bertz CT molecular complexity index is 687. The number of aromatic amines is 1. The first-order valence-electron chi connectivity index (χ1n) is 5.11. The van der Waals surface area contributed by atoms with Crippen molar-refractivity contribution in [3.8, 4) is 11.3 Å². The molecule has 1 N–H and O–H groups in total. The van der Waals surface area contributed by atoms with Crippen LogP contribution in [0.5, 0.6) is 0 Å². The summed E-state index contributed by atoms with van der Waals surface area (Å²) in [7, 11) is -3.33. The molecule has 8 heteroatoms. The fraction of sp³-hybridized carbons (Fsp3) is 0.182. The maximum Gasteiger partial charge on any atom is 0.432 e. The number of alkyl halides is 3. The third-order valence-corrected chi connectivity index (χ3v) is 3.59. The van der Waals surface area contributed by atoms with Crippen molar-refractivity contribution >= 4 is 9.84 Å². The van der Waals surface area contributed by atoms with Crippen molar-refractivity contribution < 1.29 is 21.6 Å². The predicted molar refractivity (Wildman–Crippen MR) is 62.1 cm³/mol. The largest absolute Gasteiger partial charge is 0.432 e. The lowest BCUT2D eigenvalue weighted by Gasteiger charge is -2.00. The summed E-state index contributed by atoms with van der Waals surface area (Å²) in [6, 6.07) is 6.34. The van der Waals surface area contributed by atoms with E-state index in [0.717, 1.165) is 12.3 Å².